The summed E-state index contributed by atoms with van der Waals surface area (Å²) in [6.45, 7) is 0. The van der Waals surface area contributed by atoms with Gasteiger partial charge in [-0.2, -0.15) is 0 Å². The lowest BCUT2D eigenvalue weighted by atomic mass is 10.1. The first-order chi connectivity index (χ1) is 10.5. The number of ether oxygens (including phenoxy) is 1. The molecular weight excluding hydrogens is 288 g/mol. The zero-order valence-corrected chi connectivity index (χ0v) is 11.5. The molecule has 0 bridgehead atoms. The van der Waals surface area contributed by atoms with E-state index in [1.54, 1.807) is 30.3 Å². The van der Waals surface area contributed by atoms with Crippen LogP contribution in [0.5, 0.6) is 11.5 Å². The third-order valence-electron chi connectivity index (χ3n) is 2.96. The van der Waals surface area contributed by atoms with E-state index in [0.29, 0.717) is 11.3 Å². The molecule has 7 nitrogen and oxygen atoms in total. The van der Waals surface area contributed by atoms with Crippen molar-refractivity contribution in [1.82, 2.24) is 0 Å². The summed E-state index contributed by atoms with van der Waals surface area (Å²) in [5, 5.41) is 20.1. The van der Waals surface area contributed by atoms with Crippen molar-refractivity contribution in [3.05, 3.63) is 64.2 Å². The molecular formula is C15H14N2O5. The van der Waals surface area contributed by atoms with Crippen molar-refractivity contribution in [3.63, 3.8) is 0 Å². The van der Waals surface area contributed by atoms with E-state index in [-0.39, 0.29) is 6.42 Å². The molecule has 0 radical (unpaired) electrons. The highest BCUT2D eigenvalue weighted by Gasteiger charge is 2.19. The summed E-state index contributed by atoms with van der Waals surface area (Å²) in [6.07, 6.45) is 0.0623. The first-order valence-electron chi connectivity index (χ1n) is 6.46. The summed E-state index contributed by atoms with van der Waals surface area (Å²) in [5.74, 6) is -0.698. The van der Waals surface area contributed by atoms with Crippen molar-refractivity contribution in [3.8, 4) is 11.5 Å². The minimum Gasteiger partial charge on any atom is -0.502 e. The molecule has 0 amide bonds. The van der Waals surface area contributed by atoms with Crippen LogP contribution in [-0.4, -0.2) is 22.0 Å². The first-order valence-corrected chi connectivity index (χ1v) is 6.46. The topological polar surface area (TPSA) is 116 Å². The van der Waals surface area contributed by atoms with E-state index in [2.05, 4.69) is 0 Å². The van der Waals surface area contributed by atoms with Gasteiger partial charge in [0.2, 0.25) is 0 Å². The number of nitro groups is 1. The molecule has 0 aliphatic carbocycles. The minimum atomic E-state index is -0.968. The summed E-state index contributed by atoms with van der Waals surface area (Å²) >= 11 is 0. The Morgan fingerprint density at radius 3 is 2.59 bits per heavy atom. The van der Waals surface area contributed by atoms with Crippen molar-refractivity contribution in [2.24, 2.45) is 5.73 Å². The van der Waals surface area contributed by atoms with Gasteiger partial charge in [0, 0.05) is 6.07 Å². The monoisotopic (exact) mass is 302 g/mol. The molecule has 0 saturated carbocycles. The highest BCUT2D eigenvalue weighted by atomic mass is 16.6. The van der Waals surface area contributed by atoms with Gasteiger partial charge in [0.05, 0.1) is 4.92 Å². The van der Waals surface area contributed by atoms with Crippen molar-refractivity contribution < 1.29 is 19.6 Å². The Kier molecular flexibility index (Phi) is 4.70. The Morgan fingerprint density at radius 2 is 1.95 bits per heavy atom. The fourth-order valence-electron chi connectivity index (χ4n) is 1.86. The third kappa shape index (κ3) is 3.80. The normalized spacial score (nSPS) is 11.7. The summed E-state index contributed by atoms with van der Waals surface area (Å²) in [7, 11) is 0. The Labute approximate surface area is 126 Å². The highest BCUT2D eigenvalue weighted by Crippen LogP contribution is 2.26. The van der Waals surface area contributed by atoms with Gasteiger partial charge in [-0.15, -0.1) is 0 Å². The Morgan fingerprint density at radius 1 is 1.27 bits per heavy atom. The quantitative estimate of drug-likeness (QED) is 0.376. The number of benzene rings is 2. The SMILES string of the molecule is N[C@@H](Cc1ccc(O)c([N+](=O)[O-])c1)C(=O)Oc1ccccc1. The lowest BCUT2D eigenvalue weighted by Crippen LogP contribution is -2.36. The fraction of sp³-hybridized carbons (Fsp3) is 0.133. The van der Waals surface area contributed by atoms with Crippen LogP contribution in [0.4, 0.5) is 5.69 Å². The summed E-state index contributed by atoms with van der Waals surface area (Å²) in [6, 6.07) is 11.4. The molecule has 0 heterocycles. The molecule has 0 saturated heterocycles. The number of carbonyl (C=O) groups is 1. The van der Waals surface area contributed by atoms with Gasteiger partial charge in [-0.3, -0.25) is 10.1 Å². The van der Waals surface area contributed by atoms with Crippen molar-refractivity contribution >= 4 is 11.7 Å². The van der Waals surface area contributed by atoms with Gasteiger partial charge in [-0.25, -0.2) is 4.79 Å². The number of nitrogens with two attached hydrogens (primary N) is 1. The van der Waals surface area contributed by atoms with E-state index in [1.165, 1.54) is 18.2 Å². The second-order valence-corrected chi connectivity index (χ2v) is 4.62. The van der Waals surface area contributed by atoms with Crippen LogP contribution in [0.2, 0.25) is 0 Å². The number of esters is 1. The van der Waals surface area contributed by atoms with Crippen molar-refractivity contribution in [2.75, 3.05) is 0 Å². The number of hydrogen-bond donors (Lipinski definition) is 2. The van der Waals surface area contributed by atoms with Crippen LogP contribution in [0.25, 0.3) is 0 Å². The number of aromatic hydroxyl groups is 1. The van der Waals surface area contributed by atoms with Crippen LogP contribution >= 0.6 is 0 Å². The second-order valence-electron chi connectivity index (χ2n) is 4.62. The molecule has 0 spiro atoms. The van der Waals surface area contributed by atoms with Crippen LogP contribution in [0.1, 0.15) is 5.56 Å². The highest BCUT2D eigenvalue weighted by molar-refractivity contribution is 5.78. The molecule has 0 aliphatic heterocycles. The number of phenols is 1. The number of rotatable bonds is 5. The Bertz CT molecular complexity index is 688. The van der Waals surface area contributed by atoms with Crippen LogP contribution in [-0.2, 0) is 11.2 Å². The van der Waals surface area contributed by atoms with Crippen molar-refractivity contribution in [1.29, 1.82) is 0 Å². The molecule has 0 fully saturated rings. The van der Waals surface area contributed by atoms with Crippen LogP contribution in [0, 0.1) is 10.1 Å². The summed E-state index contributed by atoms with van der Waals surface area (Å²) in [5.41, 5.74) is 5.79. The van der Waals surface area contributed by atoms with Gasteiger partial charge in [-0.1, -0.05) is 24.3 Å². The second kappa shape index (κ2) is 6.68. The molecule has 0 aromatic heterocycles. The number of hydrogen-bond acceptors (Lipinski definition) is 6. The van der Waals surface area contributed by atoms with Crippen LogP contribution < -0.4 is 10.5 Å². The van der Waals surface area contributed by atoms with E-state index in [1.807, 2.05) is 0 Å². The Balaban J connectivity index is 2.05. The molecule has 1 atom stereocenters. The maximum absolute atomic E-state index is 11.9. The molecule has 2 aromatic rings. The molecule has 22 heavy (non-hydrogen) atoms. The van der Waals surface area contributed by atoms with Gasteiger partial charge in [0.25, 0.3) is 0 Å². The maximum atomic E-state index is 11.9. The number of nitrogens with zero attached hydrogens (tertiary/aromatic N) is 1. The van der Waals surface area contributed by atoms with E-state index in [4.69, 9.17) is 10.5 Å². The van der Waals surface area contributed by atoms with Gasteiger partial charge >= 0.3 is 11.7 Å². The zero-order valence-electron chi connectivity index (χ0n) is 11.5. The van der Waals surface area contributed by atoms with E-state index in [9.17, 15) is 20.0 Å². The molecule has 3 N–H and O–H groups in total. The standard InChI is InChI=1S/C15H14N2O5/c16-12(15(19)22-11-4-2-1-3-5-11)8-10-6-7-14(18)13(9-10)17(20)21/h1-7,9,12,18H,8,16H2/t12-/m0/s1. The molecule has 7 heteroatoms. The molecule has 2 rings (SSSR count). The van der Waals surface area contributed by atoms with Crippen molar-refractivity contribution in [2.45, 2.75) is 12.5 Å². The lowest BCUT2D eigenvalue weighted by molar-refractivity contribution is -0.385. The predicted octanol–water partition coefficient (Wildman–Crippen LogP) is 1.78. The third-order valence-corrected chi connectivity index (χ3v) is 2.96. The van der Waals surface area contributed by atoms with Gasteiger partial charge < -0.3 is 15.6 Å². The zero-order chi connectivity index (χ0) is 16.1. The molecule has 0 unspecified atom stereocenters. The number of phenolic OH excluding ortho intramolecular Hbond substituents is 1. The van der Waals surface area contributed by atoms with Gasteiger partial charge in [-0.05, 0) is 30.2 Å². The average molecular weight is 302 g/mol. The summed E-state index contributed by atoms with van der Waals surface area (Å²) in [4.78, 5) is 21.9. The average Bonchev–Trinajstić information content (AvgIpc) is 2.49. The number of carbonyl (C=O) groups excluding carboxylic acids is 1. The van der Waals surface area contributed by atoms with E-state index >= 15 is 0 Å². The van der Waals surface area contributed by atoms with Crippen LogP contribution in [0.15, 0.2) is 48.5 Å². The first kappa shape index (κ1) is 15.5. The summed E-state index contributed by atoms with van der Waals surface area (Å²) < 4.78 is 5.10. The largest absolute Gasteiger partial charge is 0.502 e. The molecule has 114 valence electrons. The lowest BCUT2D eigenvalue weighted by Gasteiger charge is -2.11. The smallest absolute Gasteiger partial charge is 0.328 e. The number of para-hydroxylation sites is 1. The molecule has 2 aromatic carbocycles. The molecule has 0 aliphatic rings. The van der Waals surface area contributed by atoms with Crippen LogP contribution in [0.3, 0.4) is 0 Å². The maximum Gasteiger partial charge on any atom is 0.328 e. The van der Waals surface area contributed by atoms with Gasteiger partial charge in [0.15, 0.2) is 5.75 Å². The van der Waals surface area contributed by atoms with E-state index < -0.39 is 28.4 Å². The number of nitro benzene ring substituents is 1. The Hall–Kier alpha value is -2.93. The van der Waals surface area contributed by atoms with Gasteiger partial charge in [0.1, 0.15) is 11.8 Å². The predicted molar refractivity (Wildman–Crippen MR) is 78.5 cm³/mol. The van der Waals surface area contributed by atoms with E-state index in [0.717, 1.165) is 0 Å². The fourth-order valence-corrected chi connectivity index (χ4v) is 1.86. The minimum absolute atomic E-state index is 0.0623.